The van der Waals surface area contributed by atoms with Crippen LogP contribution in [0.3, 0.4) is 0 Å². The van der Waals surface area contributed by atoms with Gasteiger partial charge in [-0.2, -0.15) is 0 Å². The highest BCUT2D eigenvalue weighted by molar-refractivity contribution is 5.25. The molecular weight excluding hydrogens is 258 g/mol. The van der Waals surface area contributed by atoms with E-state index in [0.717, 1.165) is 32.6 Å². The highest BCUT2D eigenvalue weighted by Gasteiger charge is 2.11. The lowest BCUT2D eigenvalue weighted by atomic mass is 9.99. The predicted octanol–water partition coefficient (Wildman–Crippen LogP) is 4.60. The molecule has 0 amide bonds. The molecule has 21 heavy (non-hydrogen) atoms. The summed E-state index contributed by atoms with van der Waals surface area (Å²) in [7, 11) is 0. The fourth-order valence-corrected chi connectivity index (χ4v) is 2.37. The Labute approximate surface area is 131 Å². The van der Waals surface area contributed by atoms with Gasteiger partial charge in [0.15, 0.2) is 0 Å². The summed E-state index contributed by atoms with van der Waals surface area (Å²) in [5, 5.41) is 3.59. The first kappa shape index (κ1) is 18.2. The Morgan fingerprint density at radius 3 is 2.14 bits per heavy atom. The van der Waals surface area contributed by atoms with E-state index < -0.39 is 0 Å². The van der Waals surface area contributed by atoms with Crippen molar-refractivity contribution in [1.82, 2.24) is 5.32 Å². The molecule has 0 fully saturated rings. The van der Waals surface area contributed by atoms with E-state index in [2.05, 4.69) is 64.2 Å². The normalized spacial score (nSPS) is 13.1. The second-order valence-corrected chi connectivity index (χ2v) is 6.78. The summed E-state index contributed by atoms with van der Waals surface area (Å²) >= 11 is 0. The van der Waals surface area contributed by atoms with Crippen LogP contribution in [0.5, 0.6) is 0 Å². The summed E-state index contributed by atoms with van der Waals surface area (Å²) < 4.78 is 5.84. The Bertz CT molecular complexity index is 370. The molecule has 0 aliphatic rings. The summed E-state index contributed by atoms with van der Waals surface area (Å²) in [4.78, 5) is 0. The SMILES string of the molecule is CCCNC(COCC(C)C)c1ccc(CC(C)C)cc1. The van der Waals surface area contributed by atoms with Gasteiger partial charge in [0.1, 0.15) is 0 Å². The van der Waals surface area contributed by atoms with Crippen molar-refractivity contribution in [3.05, 3.63) is 35.4 Å². The zero-order valence-electron chi connectivity index (χ0n) is 14.5. The van der Waals surface area contributed by atoms with Gasteiger partial charge in [-0.15, -0.1) is 0 Å². The fourth-order valence-electron chi connectivity index (χ4n) is 2.37. The first-order valence-electron chi connectivity index (χ1n) is 8.42. The Hall–Kier alpha value is -0.860. The van der Waals surface area contributed by atoms with E-state index in [4.69, 9.17) is 4.74 Å². The number of hydrogen-bond acceptors (Lipinski definition) is 2. The average Bonchev–Trinajstić information content (AvgIpc) is 2.42. The van der Waals surface area contributed by atoms with Gasteiger partial charge in [0, 0.05) is 6.61 Å². The van der Waals surface area contributed by atoms with E-state index >= 15 is 0 Å². The van der Waals surface area contributed by atoms with Crippen LogP contribution in [0.4, 0.5) is 0 Å². The first-order valence-corrected chi connectivity index (χ1v) is 8.42. The molecule has 0 saturated heterocycles. The van der Waals surface area contributed by atoms with Crippen molar-refractivity contribution in [3.63, 3.8) is 0 Å². The lowest BCUT2D eigenvalue weighted by Crippen LogP contribution is -2.27. The molecule has 0 heterocycles. The van der Waals surface area contributed by atoms with Gasteiger partial charge >= 0.3 is 0 Å². The number of rotatable bonds is 10. The molecule has 120 valence electrons. The molecule has 1 N–H and O–H groups in total. The maximum Gasteiger partial charge on any atom is 0.0661 e. The van der Waals surface area contributed by atoms with Crippen molar-refractivity contribution >= 4 is 0 Å². The summed E-state index contributed by atoms with van der Waals surface area (Å²) in [6.45, 7) is 13.7. The lowest BCUT2D eigenvalue weighted by Gasteiger charge is -2.20. The molecule has 2 heteroatoms. The minimum atomic E-state index is 0.303. The van der Waals surface area contributed by atoms with Gasteiger partial charge in [0.25, 0.3) is 0 Å². The molecule has 0 spiro atoms. The number of ether oxygens (including phenoxy) is 1. The molecule has 1 rings (SSSR count). The minimum absolute atomic E-state index is 0.303. The molecule has 0 aromatic heterocycles. The van der Waals surface area contributed by atoms with Crippen molar-refractivity contribution < 1.29 is 4.74 Å². The van der Waals surface area contributed by atoms with Crippen LogP contribution in [-0.2, 0) is 11.2 Å². The molecule has 0 radical (unpaired) electrons. The van der Waals surface area contributed by atoms with Gasteiger partial charge in [-0.3, -0.25) is 0 Å². The van der Waals surface area contributed by atoms with E-state index in [-0.39, 0.29) is 0 Å². The van der Waals surface area contributed by atoms with E-state index in [9.17, 15) is 0 Å². The molecular formula is C19H33NO. The third-order valence-electron chi connectivity index (χ3n) is 3.40. The number of benzene rings is 1. The Balaban J connectivity index is 2.63. The quantitative estimate of drug-likeness (QED) is 0.680. The molecule has 0 saturated carbocycles. The van der Waals surface area contributed by atoms with Gasteiger partial charge in [-0.05, 0) is 42.3 Å². The molecule has 0 aliphatic carbocycles. The van der Waals surface area contributed by atoms with Crippen molar-refractivity contribution in [2.45, 2.75) is 53.5 Å². The van der Waals surface area contributed by atoms with Crippen LogP contribution in [-0.4, -0.2) is 19.8 Å². The zero-order chi connectivity index (χ0) is 15.7. The Kier molecular flexibility index (Phi) is 8.63. The highest BCUT2D eigenvalue weighted by atomic mass is 16.5. The van der Waals surface area contributed by atoms with E-state index in [0.29, 0.717) is 17.9 Å². The standard InChI is InChI=1S/C19H33NO/c1-6-11-20-19(14-21-13-16(4)5)18-9-7-17(8-10-18)12-15(2)3/h7-10,15-16,19-20H,6,11-14H2,1-5H3. The van der Waals surface area contributed by atoms with Crippen LogP contribution in [0, 0.1) is 11.8 Å². The predicted molar refractivity (Wildman–Crippen MR) is 91.7 cm³/mol. The van der Waals surface area contributed by atoms with Crippen molar-refractivity contribution in [2.24, 2.45) is 11.8 Å². The maximum atomic E-state index is 5.84. The molecule has 0 aliphatic heterocycles. The van der Waals surface area contributed by atoms with Crippen molar-refractivity contribution in [3.8, 4) is 0 Å². The van der Waals surface area contributed by atoms with Crippen molar-refractivity contribution in [1.29, 1.82) is 0 Å². The number of hydrogen-bond donors (Lipinski definition) is 1. The molecule has 1 unspecified atom stereocenters. The van der Waals surface area contributed by atoms with Crippen LogP contribution in [0.15, 0.2) is 24.3 Å². The summed E-state index contributed by atoms with van der Waals surface area (Å²) in [5.41, 5.74) is 2.76. The second kappa shape index (κ2) is 9.97. The number of nitrogens with one attached hydrogen (secondary N) is 1. The lowest BCUT2D eigenvalue weighted by molar-refractivity contribution is 0.0901. The van der Waals surface area contributed by atoms with Gasteiger partial charge < -0.3 is 10.1 Å². The van der Waals surface area contributed by atoms with Crippen LogP contribution >= 0.6 is 0 Å². The molecule has 1 aromatic carbocycles. The van der Waals surface area contributed by atoms with Crippen LogP contribution in [0.25, 0.3) is 0 Å². The van der Waals surface area contributed by atoms with Crippen LogP contribution in [0.1, 0.15) is 58.2 Å². The molecule has 2 nitrogen and oxygen atoms in total. The monoisotopic (exact) mass is 291 g/mol. The van der Waals surface area contributed by atoms with Gasteiger partial charge in [0.2, 0.25) is 0 Å². The summed E-state index contributed by atoms with van der Waals surface area (Å²) in [5.74, 6) is 1.30. The van der Waals surface area contributed by atoms with Gasteiger partial charge in [-0.25, -0.2) is 0 Å². The highest BCUT2D eigenvalue weighted by Crippen LogP contribution is 2.17. The molecule has 1 atom stereocenters. The maximum absolute atomic E-state index is 5.84. The van der Waals surface area contributed by atoms with Crippen LogP contribution < -0.4 is 5.32 Å². The molecule has 1 aromatic rings. The summed E-state index contributed by atoms with van der Waals surface area (Å²) in [6.07, 6.45) is 2.29. The van der Waals surface area contributed by atoms with E-state index in [1.165, 1.54) is 11.1 Å². The van der Waals surface area contributed by atoms with Gasteiger partial charge in [-0.1, -0.05) is 58.9 Å². The van der Waals surface area contributed by atoms with E-state index in [1.54, 1.807) is 0 Å². The van der Waals surface area contributed by atoms with Gasteiger partial charge in [0.05, 0.1) is 12.6 Å². The summed E-state index contributed by atoms with van der Waals surface area (Å²) in [6, 6.07) is 9.33. The third kappa shape index (κ3) is 7.63. The first-order chi connectivity index (χ1) is 10.0. The smallest absolute Gasteiger partial charge is 0.0661 e. The average molecular weight is 291 g/mol. The largest absolute Gasteiger partial charge is 0.379 e. The third-order valence-corrected chi connectivity index (χ3v) is 3.40. The van der Waals surface area contributed by atoms with Crippen molar-refractivity contribution in [2.75, 3.05) is 19.8 Å². The Morgan fingerprint density at radius 2 is 1.62 bits per heavy atom. The fraction of sp³-hybridized carbons (Fsp3) is 0.684. The van der Waals surface area contributed by atoms with E-state index in [1.807, 2.05) is 0 Å². The Morgan fingerprint density at radius 1 is 0.952 bits per heavy atom. The minimum Gasteiger partial charge on any atom is -0.379 e. The van der Waals surface area contributed by atoms with Crippen LogP contribution in [0.2, 0.25) is 0 Å². The zero-order valence-corrected chi connectivity index (χ0v) is 14.5. The molecule has 0 bridgehead atoms. The second-order valence-electron chi connectivity index (χ2n) is 6.78. The topological polar surface area (TPSA) is 21.3 Å².